The van der Waals surface area contributed by atoms with Crippen molar-refractivity contribution < 1.29 is 38.2 Å². The quantitative estimate of drug-likeness (QED) is 0.0259. The van der Waals surface area contributed by atoms with Crippen molar-refractivity contribution in [2.75, 3.05) is 41.0 Å². The van der Waals surface area contributed by atoms with E-state index in [1.807, 2.05) is 0 Å². The van der Waals surface area contributed by atoms with Gasteiger partial charge in [0.15, 0.2) is 6.10 Å². The van der Waals surface area contributed by atoms with Crippen LogP contribution in [0.5, 0.6) is 0 Å². The average molecular weight is 936 g/mol. The minimum absolute atomic E-state index is 0.0204. The van der Waals surface area contributed by atoms with Crippen molar-refractivity contribution in [2.24, 2.45) is 0 Å². The molecule has 0 fully saturated rings. The van der Waals surface area contributed by atoms with Gasteiger partial charge in [0.25, 0.3) is 0 Å². The summed E-state index contributed by atoms with van der Waals surface area (Å²) < 4.78 is 17.2. The van der Waals surface area contributed by atoms with Gasteiger partial charge in [-0.15, -0.1) is 0 Å². The minimum Gasteiger partial charge on any atom is -0.544 e. The van der Waals surface area contributed by atoms with Crippen LogP contribution in [0.2, 0.25) is 0 Å². The summed E-state index contributed by atoms with van der Waals surface area (Å²) >= 11 is 0. The van der Waals surface area contributed by atoms with Crippen molar-refractivity contribution in [1.29, 1.82) is 0 Å². The zero-order chi connectivity index (χ0) is 49.2. The summed E-state index contributed by atoms with van der Waals surface area (Å²) in [6, 6.07) is -0.738. The second-order valence-electron chi connectivity index (χ2n) is 19.1. The molecule has 8 nitrogen and oxygen atoms in total. The van der Waals surface area contributed by atoms with Crippen molar-refractivity contribution in [3.05, 3.63) is 85.1 Å². The van der Waals surface area contributed by atoms with Gasteiger partial charge in [-0.25, -0.2) is 0 Å². The maximum Gasteiger partial charge on any atom is 0.306 e. The van der Waals surface area contributed by atoms with Gasteiger partial charge in [-0.2, -0.15) is 0 Å². The Labute approximate surface area is 412 Å². The van der Waals surface area contributed by atoms with Crippen molar-refractivity contribution in [3.8, 4) is 0 Å². The van der Waals surface area contributed by atoms with Crippen LogP contribution < -0.4 is 5.11 Å². The number of esters is 2. The first-order chi connectivity index (χ1) is 32.6. The second kappa shape index (κ2) is 48.9. The number of rotatable bonds is 48. The zero-order valence-corrected chi connectivity index (χ0v) is 43.8. The van der Waals surface area contributed by atoms with Gasteiger partial charge in [0, 0.05) is 19.3 Å². The van der Waals surface area contributed by atoms with E-state index in [0.717, 1.165) is 70.6 Å². The number of hydrogen-bond donors (Lipinski definition) is 0. The third-order valence-electron chi connectivity index (χ3n) is 11.8. The molecule has 2 unspecified atom stereocenters. The summed E-state index contributed by atoms with van der Waals surface area (Å²) in [5.41, 5.74) is 0. The lowest BCUT2D eigenvalue weighted by Crippen LogP contribution is -2.55. The lowest BCUT2D eigenvalue weighted by molar-refractivity contribution is -0.889. The first kappa shape index (κ1) is 63.5. The van der Waals surface area contributed by atoms with Crippen LogP contribution in [0, 0.1) is 0 Å². The minimum atomic E-state index is -1.13. The number of quaternary nitrogens is 1. The maximum atomic E-state index is 12.8. The van der Waals surface area contributed by atoms with E-state index in [-0.39, 0.29) is 49.1 Å². The molecular formula is C59H101NO7. The number of carboxylic acids is 1. The van der Waals surface area contributed by atoms with Gasteiger partial charge in [-0.3, -0.25) is 9.59 Å². The molecule has 0 amide bonds. The third kappa shape index (κ3) is 47.4. The van der Waals surface area contributed by atoms with Crippen molar-refractivity contribution in [1.82, 2.24) is 0 Å². The van der Waals surface area contributed by atoms with E-state index in [4.69, 9.17) is 14.2 Å². The standard InChI is InChI=1S/C59H101NO7/c1-6-8-10-12-14-16-18-20-22-24-26-28-29-30-32-33-35-37-39-41-43-45-47-49-57(61)66-54-55(53-65-52-51-56(59(63)64)60(3,4)5)67-58(62)50-48-46-44-42-40-38-36-34-31-27-25-23-21-19-17-15-13-11-9-7-2/h8,10,14,16,20,22,26,28,30,32,35,37,41,43,55-56H,6-7,9,11-13,15,17-19,21,23-25,27,29,31,33-34,36,38-40,42,44-54H2,1-5H3/b10-8+,16-14+,22-20+,28-26+,32-30+,37-35+,43-41+. The van der Waals surface area contributed by atoms with Crippen LogP contribution in [0.1, 0.15) is 219 Å². The maximum absolute atomic E-state index is 12.8. The van der Waals surface area contributed by atoms with E-state index >= 15 is 0 Å². The van der Waals surface area contributed by atoms with Crippen LogP contribution in [0.25, 0.3) is 0 Å². The molecular weight excluding hydrogens is 835 g/mol. The number of carbonyl (C=O) groups is 3. The van der Waals surface area contributed by atoms with E-state index in [2.05, 4.69) is 98.9 Å². The van der Waals surface area contributed by atoms with E-state index in [9.17, 15) is 19.5 Å². The predicted molar refractivity (Wildman–Crippen MR) is 282 cm³/mol. The highest BCUT2D eigenvalue weighted by Gasteiger charge is 2.25. The van der Waals surface area contributed by atoms with E-state index < -0.39 is 18.1 Å². The fourth-order valence-corrected chi connectivity index (χ4v) is 7.65. The second-order valence-corrected chi connectivity index (χ2v) is 19.1. The van der Waals surface area contributed by atoms with Crippen LogP contribution in [0.4, 0.5) is 0 Å². The monoisotopic (exact) mass is 936 g/mol. The Bertz CT molecular complexity index is 1370. The van der Waals surface area contributed by atoms with Crippen LogP contribution in [-0.2, 0) is 28.6 Å². The van der Waals surface area contributed by atoms with Crippen LogP contribution in [0.3, 0.4) is 0 Å². The molecule has 0 aromatic heterocycles. The van der Waals surface area contributed by atoms with Gasteiger partial charge in [-0.05, 0) is 64.2 Å². The number of nitrogens with zero attached hydrogens (tertiary/aromatic N) is 1. The Hall–Kier alpha value is -3.49. The van der Waals surface area contributed by atoms with Crippen LogP contribution in [-0.4, -0.2) is 75.5 Å². The van der Waals surface area contributed by atoms with E-state index in [1.165, 1.54) is 109 Å². The number of hydrogen-bond acceptors (Lipinski definition) is 7. The van der Waals surface area contributed by atoms with Gasteiger partial charge in [0.2, 0.25) is 0 Å². The normalized spacial score (nSPS) is 13.5. The summed E-state index contributed by atoms with van der Waals surface area (Å²) in [7, 11) is 5.40. The third-order valence-corrected chi connectivity index (χ3v) is 11.8. The van der Waals surface area contributed by atoms with Crippen molar-refractivity contribution in [3.63, 3.8) is 0 Å². The number of carbonyl (C=O) groups excluding carboxylic acids is 3. The molecule has 8 heteroatoms. The van der Waals surface area contributed by atoms with Gasteiger partial charge < -0.3 is 28.6 Å². The SMILES string of the molecule is CC/C=C/C/C=C/C/C=C/C/C=C/C/C=C/C/C=C/C/C=C/CCCC(=O)OCC(COCCC(C(=O)[O-])[N+](C)(C)C)OC(=O)CCCCCCCCCCCCCCCCCCCCCC. The first-order valence-corrected chi connectivity index (χ1v) is 27.1. The fraction of sp³-hybridized carbons (Fsp3) is 0.712. The molecule has 0 N–H and O–H groups in total. The topological polar surface area (TPSA) is 102 Å². The Kier molecular flexibility index (Phi) is 46.4. The highest BCUT2D eigenvalue weighted by atomic mass is 16.6. The molecule has 0 aromatic carbocycles. The Morgan fingerprint density at radius 2 is 0.836 bits per heavy atom. The molecule has 384 valence electrons. The summed E-state index contributed by atoms with van der Waals surface area (Å²) in [5.74, 6) is -1.81. The molecule has 0 aromatic rings. The summed E-state index contributed by atoms with van der Waals surface area (Å²) in [5, 5.41) is 11.7. The van der Waals surface area contributed by atoms with Crippen LogP contribution in [0.15, 0.2) is 85.1 Å². The zero-order valence-electron chi connectivity index (χ0n) is 43.8. The molecule has 0 saturated heterocycles. The van der Waals surface area contributed by atoms with Crippen molar-refractivity contribution >= 4 is 17.9 Å². The molecule has 0 spiro atoms. The molecule has 0 aliphatic carbocycles. The number of carboxylic acid groups (broad SMARTS) is 1. The fourth-order valence-electron chi connectivity index (χ4n) is 7.65. The number of allylic oxidation sites excluding steroid dienone is 14. The predicted octanol–water partition coefficient (Wildman–Crippen LogP) is 14.7. The lowest BCUT2D eigenvalue weighted by atomic mass is 10.0. The molecule has 0 aliphatic heterocycles. The number of unbranched alkanes of at least 4 members (excludes halogenated alkanes) is 20. The average Bonchev–Trinajstić information content (AvgIpc) is 3.29. The number of ether oxygens (including phenoxy) is 3. The molecule has 0 rings (SSSR count). The molecule has 0 heterocycles. The largest absolute Gasteiger partial charge is 0.544 e. The van der Waals surface area contributed by atoms with Gasteiger partial charge in [-0.1, -0.05) is 221 Å². The van der Waals surface area contributed by atoms with Crippen LogP contribution >= 0.6 is 0 Å². The molecule has 67 heavy (non-hydrogen) atoms. The molecule has 0 aliphatic rings. The Balaban J connectivity index is 4.32. The Morgan fingerprint density at radius 3 is 1.22 bits per heavy atom. The summed E-state index contributed by atoms with van der Waals surface area (Å²) in [6.45, 7) is 4.51. The van der Waals surface area contributed by atoms with Gasteiger partial charge in [0.05, 0.1) is 40.3 Å². The lowest BCUT2D eigenvalue weighted by Gasteiger charge is -2.34. The highest BCUT2D eigenvalue weighted by molar-refractivity contribution is 5.70. The van der Waals surface area contributed by atoms with E-state index in [1.54, 1.807) is 21.1 Å². The first-order valence-electron chi connectivity index (χ1n) is 27.1. The Morgan fingerprint density at radius 1 is 0.463 bits per heavy atom. The van der Waals surface area contributed by atoms with Gasteiger partial charge >= 0.3 is 11.9 Å². The molecule has 0 bridgehead atoms. The number of aliphatic carboxylic acids is 1. The van der Waals surface area contributed by atoms with Crippen molar-refractivity contribution in [2.45, 2.75) is 231 Å². The van der Waals surface area contributed by atoms with E-state index in [0.29, 0.717) is 12.8 Å². The number of likely N-dealkylation sites (N-methyl/N-ethyl adjacent to an activating group) is 1. The summed E-state index contributed by atoms with van der Waals surface area (Å²) in [6.07, 6.45) is 64.8. The summed E-state index contributed by atoms with van der Waals surface area (Å²) in [4.78, 5) is 37.1. The smallest absolute Gasteiger partial charge is 0.306 e. The highest BCUT2D eigenvalue weighted by Crippen LogP contribution is 2.16. The molecule has 0 radical (unpaired) electrons. The van der Waals surface area contributed by atoms with Gasteiger partial charge in [0.1, 0.15) is 12.6 Å². The molecule has 0 saturated carbocycles. The molecule has 2 atom stereocenters.